The summed E-state index contributed by atoms with van der Waals surface area (Å²) in [6.45, 7) is 0.548. The Morgan fingerprint density at radius 1 is 0.974 bits per heavy atom. The first-order valence-corrected chi connectivity index (χ1v) is 12.9. The van der Waals surface area contributed by atoms with Gasteiger partial charge in [0.2, 0.25) is 5.91 Å². The van der Waals surface area contributed by atoms with E-state index in [9.17, 15) is 14.4 Å². The largest absolute Gasteiger partial charge is 0.480 e. The van der Waals surface area contributed by atoms with Gasteiger partial charge in [-0.05, 0) is 35.6 Å². The van der Waals surface area contributed by atoms with Gasteiger partial charge in [-0.2, -0.15) is 0 Å². The number of para-hydroxylation sites is 1. The molecule has 0 aliphatic carbocycles. The van der Waals surface area contributed by atoms with E-state index < -0.39 is 30.1 Å². The van der Waals surface area contributed by atoms with Crippen LogP contribution >= 0.6 is 0 Å². The Balaban J connectivity index is 1.54. The summed E-state index contributed by atoms with van der Waals surface area (Å²) in [5.41, 5.74) is 3.28. The molecule has 4 N–H and O–H groups in total. The first kappa shape index (κ1) is 27.8. The van der Waals surface area contributed by atoms with Gasteiger partial charge in [0.25, 0.3) is 0 Å². The molecule has 39 heavy (non-hydrogen) atoms. The Labute approximate surface area is 227 Å². The molecule has 9 heteroatoms. The number of anilines is 1. The van der Waals surface area contributed by atoms with Crippen LogP contribution in [0.25, 0.3) is 0 Å². The molecular weight excluding hydrogens is 498 g/mol. The normalized spacial score (nSPS) is 17.7. The van der Waals surface area contributed by atoms with Gasteiger partial charge < -0.3 is 25.2 Å². The molecule has 3 aromatic carbocycles. The van der Waals surface area contributed by atoms with Gasteiger partial charge in [-0.15, -0.1) is 0 Å². The third-order valence-corrected chi connectivity index (χ3v) is 6.79. The van der Waals surface area contributed by atoms with E-state index in [1.807, 2.05) is 84.9 Å². The van der Waals surface area contributed by atoms with E-state index in [0.29, 0.717) is 25.1 Å². The maximum Gasteiger partial charge on any atom is 0.407 e. The number of carboxylic acids is 1. The molecule has 0 spiro atoms. The predicted octanol–water partition coefficient (Wildman–Crippen LogP) is 3.56. The smallest absolute Gasteiger partial charge is 0.407 e. The van der Waals surface area contributed by atoms with Crippen molar-refractivity contribution in [3.05, 3.63) is 102 Å². The molecule has 0 saturated carbocycles. The summed E-state index contributed by atoms with van der Waals surface area (Å²) in [7, 11) is 1.26. The summed E-state index contributed by atoms with van der Waals surface area (Å²) in [5, 5.41) is 17.9. The number of hydrogen-bond donors (Lipinski definition) is 4. The van der Waals surface area contributed by atoms with Crippen LogP contribution in [0.2, 0.25) is 0 Å². The predicted molar refractivity (Wildman–Crippen MR) is 147 cm³/mol. The van der Waals surface area contributed by atoms with Gasteiger partial charge >= 0.3 is 12.1 Å². The minimum Gasteiger partial charge on any atom is -0.480 e. The Hall–Kier alpha value is -4.21. The highest BCUT2D eigenvalue weighted by Crippen LogP contribution is 2.30. The number of alkyl carbamates (subject to hydrolysis) is 1. The molecule has 0 unspecified atom stereocenters. The van der Waals surface area contributed by atoms with Crippen molar-refractivity contribution in [2.24, 2.45) is 0 Å². The summed E-state index contributed by atoms with van der Waals surface area (Å²) in [6, 6.07) is 24.9. The monoisotopic (exact) mass is 531 g/mol. The van der Waals surface area contributed by atoms with Crippen molar-refractivity contribution in [2.45, 2.75) is 36.9 Å². The zero-order valence-corrected chi connectivity index (χ0v) is 21.7. The van der Waals surface area contributed by atoms with Crippen molar-refractivity contribution in [3.63, 3.8) is 0 Å². The van der Waals surface area contributed by atoms with Crippen LogP contribution in [0, 0.1) is 0 Å². The van der Waals surface area contributed by atoms with E-state index in [0.717, 1.165) is 16.7 Å². The van der Waals surface area contributed by atoms with Crippen LogP contribution in [-0.4, -0.2) is 61.5 Å². The van der Waals surface area contributed by atoms with E-state index in [1.165, 1.54) is 7.11 Å². The van der Waals surface area contributed by atoms with E-state index >= 15 is 0 Å². The van der Waals surface area contributed by atoms with Crippen LogP contribution in [0.3, 0.4) is 0 Å². The molecule has 204 valence electrons. The second kappa shape index (κ2) is 13.5. The molecule has 1 aliphatic rings. The highest BCUT2D eigenvalue weighted by atomic mass is 16.5. The second-order valence-corrected chi connectivity index (χ2v) is 9.35. The first-order chi connectivity index (χ1) is 19.0. The number of aryl methyl sites for hydroxylation is 1. The van der Waals surface area contributed by atoms with Crippen molar-refractivity contribution < 1.29 is 29.0 Å². The Bertz CT molecular complexity index is 1210. The maximum absolute atomic E-state index is 13.8. The number of morpholine rings is 1. The zero-order valence-electron chi connectivity index (χ0n) is 21.7. The molecule has 1 heterocycles. The molecule has 1 fully saturated rings. The highest BCUT2D eigenvalue weighted by Gasteiger charge is 2.33. The molecular formula is C30H33N3O6. The lowest BCUT2D eigenvalue weighted by molar-refractivity contribution is -0.144. The maximum atomic E-state index is 13.8. The van der Waals surface area contributed by atoms with Gasteiger partial charge in [-0.25, -0.2) is 4.79 Å². The van der Waals surface area contributed by atoms with Crippen molar-refractivity contribution in [1.29, 1.82) is 0 Å². The molecule has 1 aliphatic heterocycles. The van der Waals surface area contributed by atoms with Gasteiger partial charge in [0, 0.05) is 18.2 Å². The number of benzene rings is 3. The summed E-state index contributed by atoms with van der Waals surface area (Å²) >= 11 is 0. The third-order valence-electron chi connectivity index (χ3n) is 6.79. The highest BCUT2D eigenvalue weighted by molar-refractivity contribution is 5.98. The molecule has 0 bridgehead atoms. The standard InChI is InChI=1S/C30H33N3O6/c1-38-30(37)33-27(26(21-11-4-2-5-12-21)22-13-6-3-7-14-22)28(34)32-24-15-9-8-10-20(24)16-17-23-18-31-25(19-39-23)29(35)36/h2-15,23,25-27,31H,16-19H2,1H3,(H,32,34)(H,33,37)(H,35,36)/t23-,25+,27+/m1/s1. The SMILES string of the molecule is COC(=O)N[C@H](C(=O)Nc1ccccc1CC[C@@H]1CN[C@H](C(=O)O)CO1)C(c1ccccc1)c1ccccc1. The zero-order chi connectivity index (χ0) is 27.6. The number of rotatable bonds is 10. The average Bonchev–Trinajstić information content (AvgIpc) is 2.97. The molecule has 0 aromatic heterocycles. The van der Waals surface area contributed by atoms with E-state index in [2.05, 4.69) is 16.0 Å². The van der Waals surface area contributed by atoms with Gasteiger partial charge in [-0.3, -0.25) is 14.9 Å². The number of nitrogens with one attached hydrogen (secondary N) is 3. The molecule has 9 nitrogen and oxygen atoms in total. The van der Waals surface area contributed by atoms with Gasteiger partial charge in [-0.1, -0.05) is 78.9 Å². The lowest BCUT2D eigenvalue weighted by atomic mass is 9.84. The van der Waals surface area contributed by atoms with E-state index in [1.54, 1.807) is 0 Å². The van der Waals surface area contributed by atoms with Crippen LogP contribution < -0.4 is 16.0 Å². The van der Waals surface area contributed by atoms with Gasteiger partial charge in [0.15, 0.2) is 0 Å². The third kappa shape index (κ3) is 7.43. The van der Waals surface area contributed by atoms with Crippen molar-refractivity contribution in [2.75, 3.05) is 25.6 Å². The molecule has 3 aromatic rings. The van der Waals surface area contributed by atoms with Crippen molar-refractivity contribution in [1.82, 2.24) is 10.6 Å². The summed E-state index contributed by atoms with van der Waals surface area (Å²) in [5.74, 6) is -1.78. The summed E-state index contributed by atoms with van der Waals surface area (Å²) in [6.07, 6.45) is 0.406. The number of aliphatic carboxylic acids is 1. The Morgan fingerprint density at radius 3 is 2.15 bits per heavy atom. The Kier molecular flexibility index (Phi) is 9.66. The molecule has 1 saturated heterocycles. The van der Waals surface area contributed by atoms with E-state index in [4.69, 9.17) is 14.6 Å². The van der Waals surface area contributed by atoms with Crippen LogP contribution in [-0.2, 0) is 25.5 Å². The number of carboxylic acid groups (broad SMARTS) is 1. The number of carbonyl (C=O) groups is 3. The molecule has 4 rings (SSSR count). The molecule has 3 atom stereocenters. The molecule has 0 radical (unpaired) electrons. The minimum absolute atomic E-state index is 0.111. The van der Waals surface area contributed by atoms with Gasteiger partial charge in [0.05, 0.1) is 19.8 Å². The lowest BCUT2D eigenvalue weighted by Crippen LogP contribution is -2.50. The van der Waals surface area contributed by atoms with E-state index in [-0.39, 0.29) is 18.6 Å². The number of hydrogen-bond acceptors (Lipinski definition) is 6. The van der Waals surface area contributed by atoms with Crippen molar-refractivity contribution in [3.8, 4) is 0 Å². The van der Waals surface area contributed by atoms with Gasteiger partial charge in [0.1, 0.15) is 12.1 Å². The number of carbonyl (C=O) groups excluding carboxylic acids is 2. The fourth-order valence-electron chi connectivity index (χ4n) is 4.74. The van der Waals surface area contributed by atoms with Crippen LogP contribution in [0.5, 0.6) is 0 Å². The van der Waals surface area contributed by atoms with Crippen molar-refractivity contribution >= 4 is 23.7 Å². The lowest BCUT2D eigenvalue weighted by Gasteiger charge is -2.29. The number of ether oxygens (including phenoxy) is 2. The number of methoxy groups -OCH3 is 1. The fraction of sp³-hybridized carbons (Fsp3) is 0.300. The fourth-order valence-corrected chi connectivity index (χ4v) is 4.74. The second-order valence-electron chi connectivity index (χ2n) is 9.35. The summed E-state index contributed by atoms with van der Waals surface area (Å²) < 4.78 is 10.6. The number of amides is 2. The topological polar surface area (TPSA) is 126 Å². The van der Waals surface area contributed by atoms with Crippen LogP contribution in [0.4, 0.5) is 10.5 Å². The minimum atomic E-state index is -0.964. The quantitative estimate of drug-likeness (QED) is 0.315. The van der Waals surface area contributed by atoms with Crippen LogP contribution in [0.15, 0.2) is 84.9 Å². The summed E-state index contributed by atoms with van der Waals surface area (Å²) in [4.78, 5) is 37.4. The average molecular weight is 532 g/mol. The first-order valence-electron chi connectivity index (χ1n) is 12.9. The molecule has 2 amide bonds. The van der Waals surface area contributed by atoms with Crippen LogP contribution in [0.1, 0.15) is 29.0 Å². The Morgan fingerprint density at radius 2 is 1.59 bits per heavy atom.